The smallest absolute Gasteiger partial charge is 0.334 e. The molecule has 4 unspecified atom stereocenters. The first kappa shape index (κ1) is 19.1. The van der Waals surface area contributed by atoms with Crippen molar-refractivity contribution < 1.29 is 28.3 Å². The van der Waals surface area contributed by atoms with E-state index >= 15 is 0 Å². The quantitative estimate of drug-likeness (QED) is 0.581. The van der Waals surface area contributed by atoms with Crippen LogP contribution in [0.4, 0.5) is 0 Å². The molecule has 3 rings (SSSR count). The van der Waals surface area contributed by atoms with Crippen molar-refractivity contribution in [3.63, 3.8) is 0 Å². The summed E-state index contributed by atoms with van der Waals surface area (Å²) in [6.07, 6.45) is 9.72. The second kappa shape index (κ2) is 7.55. The van der Waals surface area contributed by atoms with Gasteiger partial charge in [-0.25, -0.2) is 4.79 Å². The summed E-state index contributed by atoms with van der Waals surface area (Å²) in [6.45, 7) is 3.34. The number of carbonyl (C=O) groups excluding carboxylic acids is 3. The standard InChI is InChI=1S/C21H24O6/c1-13(22)7-9-21(2)16(5-4-6-17(21)20(24)25-3)15-11-18(27-19(15)23)14-8-10-26-12-14/h6-10,12,15-16,18H,4-5,11H2,1-3H3. The van der Waals surface area contributed by atoms with Crippen molar-refractivity contribution in [1.29, 1.82) is 0 Å². The molecule has 0 bridgehead atoms. The molecule has 4 atom stereocenters. The van der Waals surface area contributed by atoms with Crippen molar-refractivity contribution in [3.8, 4) is 0 Å². The molecule has 0 N–H and O–H groups in total. The van der Waals surface area contributed by atoms with Crippen molar-refractivity contribution in [1.82, 2.24) is 0 Å². The van der Waals surface area contributed by atoms with E-state index < -0.39 is 11.4 Å². The zero-order valence-electron chi connectivity index (χ0n) is 15.8. The number of hydrogen-bond donors (Lipinski definition) is 0. The number of methoxy groups -OCH3 is 1. The molecular weight excluding hydrogens is 348 g/mol. The minimum Gasteiger partial charge on any atom is -0.472 e. The zero-order valence-corrected chi connectivity index (χ0v) is 15.8. The van der Waals surface area contributed by atoms with Gasteiger partial charge < -0.3 is 13.9 Å². The van der Waals surface area contributed by atoms with Crippen LogP contribution in [0.5, 0.6) is 0 Å². The summed E-state index contributed by atoms with van der Waals surface area (Å²) in [4.78, 5) is 36.6. The molecule has 2 aliphatic rings. The molecule has 2 heterocycles. The summed E-state index contributed by atoms with van der Waals surface area (Å²) in [5.74, 6) is -1.38. The zero-order chi connectivity index (χ0) is 19.6. The van der Waals surface area contributed by atoms with E-state index in [0.717, 1.165) is 12.0 Å². The fourth-order valence-corrected chi connectivity index (χ4v) is 4.26. The first-order valence-corrected chi connectivity index (χ1v) is 9.08. The van der Waals surface area contributed by atoms with Crippen LogP contribution in [0, 0.1) is 17.3 Å². The van der Waals surface area contributed by atoms with Crippen LogP contribution in [-0.2, 0) is 23.9 Å². The molecule has 0 amide bonds. The van der Waals surface area contributed by atoms with E-state index in [4.69, 9.17) is 13.9 Å². The molecule has 1 saturated heterocycles. The van der Waals surface area contributed by atoms with Crippen molar-refractivity contribution in [2.45, 2.75) is 39.2 Å². The van der Waals surface area contributed by atoms with Gasteiger partial charge in [-0.2, -0.15) is 0 Å². The van der Waals surface area contributed by atoms with Crippen LogP contribution in [0.1, 0.15) is 44.8 Å². The number of ketones is 1. The molecule has 1 aromatic heterocycles. The summed E-state index contributed by atoms with van der Waals surface area (Å²) < 4.78 is 15.6. The average Bonchev–Trinajstić information content (AvgIpc) is 3.29. The fourth-order valence-electron chi connectivity index (χ4n) is 4.26. The first-order valence-electron chi connectivity index (χ1n) is 9.08. The molecule has 1 aromatic rings. The van der Waals surface area contributed by atoms with Gasteiger partial charge >= 0.3 is 11.9 Å². The molecule has 1 aliphatic heterocycles. The number of rotatable bonds is 5. The summed E-state index contributed by atoms with van der Waals surface area (Å²) in [5, 5.41) is 0. The number of carbonyl (C=O) groups is 3. The lowest BCUT2D eigenvalue weighted by Crippen LogP contribution is -2.40. The largest absolute Gasteiger partial charge is 0.472 e. The molecule has 27 heavy (non-hydrogen) atoms. The molecule has 144 valence electrons. The van der Waals surface area contributed by atoms with Crippen LogP contribution in [0.25, 0.3) is 0 Å². The SMILES string of the molecule is COC(=O)C1=CCCC(C2CC(c3ccoc3)OC2=O)C1(C)C=CC(C)=O. The number of allylic oxidation sites excluding steroid dienone is 3. The Balaban J connectivity index is 1.95. The summed E-state index contributed by atoms with van der Waals surface area (Å²) in [6, 6.07) is 1.79. The van der Waals surface area contributed by atoms with Crippen LogP contribution in [0.2, 0.25) is 0 Å². The van der Waals surface area contributed by atoms with Crippen molar-refractivity contribution in [3.05, 3.63) is 48.0 Å². The molecule has 0 spiro atoms. The van der Waals surface area contributed by atoms with E-state index in [2.05, 4.69) is 0 Å². The highest BCUT2D eigenvalue weighted by Crippen LogP contribution is 2.52. The Morgan fingerprint density at radius 1 is 1.37 bits per heavy atom. The normalized spacial score (nSPS) is 30.9. The highest BCUT2D eigenvalue weighted by molar-refractivity contribution is 5.92. The average molecular weight is 372 g/mol. The van der Waals surface area contributed by atoms with Gasteiger partial charge in [0.05, 0.1) is 25.6 Å². The van der Waals surface area contributed by atoms with E-state index in [0.29, 0.717) is 18.4 Å². The molecule has 0 radical (unpaired) electrons. The molecule has 1 aliphatic carbocycles. The number of furan rings is 1. The maximum absolute atomic E-state index is 12.7. The molecular formula is C21H24O6. The maximum atomic E-state index is 12.7. The highest BCUT2D eigenvalue weighted by Gasteiger charge is 2.50. The van der Waals surface area contributed by atoms with Gasteiger partial charge in [-0.3, -0.25) is 9.59 Å². The molecule has 0 aromatic carbocycles. The van der Waals surface area contributed by atoms with E-state index in [1.807, 2.05) is 13.0 Å². The Labute approximate surface area is 158 Å². The van der Waals surface area contributed by atoms with Gasteiger partial charge in [0.25, 0.3) is 0 Å². The van der Waals surface area contributed by atoms with Gasteiger partial charge in [0.15, 0.2) is 5.78 Å². The predicted octanol–water partition coefficient (Wildman–Crippen LogP) is 3.54. The fraction of sp³-hybridized carbons (Fsp3) is 0.476. The Bertz CT molecular complexity index is 788. The van der Waals surface area contributed by atoms with Crippen LogP contribution in [-0.4, -0.2) is 24.8 Å². The number of cyclic esters (lactones) is 1. The van der Waals surface area contributed by atoms with Crippen LogP contribution in [0.3, 0.4) is 0 Å². The third-order valence-corrected chi connectivity index (χ3v) is 5.68. The lowest BCUT2D eigenvalue weighted by atomic mass is 9.61. The lowest BCUT2D eigenvalue weighted by Gasteiger charge is -2.41. The van der Waals surface area contributed by atoms with Crippen LogP contribution in [0.15, 0.2) is 46.8 Å². The third kappa shape index (κ3) is 3.61. The van der Waals surface area contributed by atoms with E-state index in [-0.39, 0.29) is 29.7 Å². The molecule has 6 heteroatoms. The molecule has 1 fully saturated rings. The summed E-state index contributed by atoms with van der Waals surface area (Å²) in [5.41, 5.74) is 0.524. The van der Waals surface area contributed by atoms with Crippen LogP contribution >= 0.6 is 0 Å². The summed E-state index contributed by atoms with van der Waals surface area (Å²) >= 11 is 0. The molecule has 6 nitrogen and oxygen atoms in total. The van der Waals surface area contributed by atoms with Crippen molar-refractivity contribution >= 4 is 17.7 Å². The van der Waals surface area contributed by atoms with Gasteiger partial charge in [-0.1, -0.05) is 19.1 Å². The molecule has 0 saturated carbocycles. The van der Waals surface area contributed by atoms with E-state index in [1.165, 1.54) is 20.1 Å². The van der Waals surface area contributed by atoms with Gasteiger partial charge in [-0.05, 0) is 37.8 Å². The number of ether oxygens (including phenoxy) is 2. The van der Waals surface area contributed by atoms with Gasteiger partial charge in [0.1, 0.15) is 6.10 Å². The topological polar surface area (TPSA) is 82.8 Å². The van der Waals surface area contributed by atoms with E-state index in [9.17, 15) is 14.4 Å². The van der Waals surface area contributed by atoms with Crippen molar-refractivity contribution in [2.75, 3.05) is 7.11 Å². The predicted molar refractivity (Wildman–Crippen MR) is 96.4 cm³/mol. The number of hydrogen-bond acceptors (Lipinski definition) is 6. The summed E-state index contributed by atoms with van der Waals surface area (Å²) in [7, 11) is 1.33. The van der Waals surface area contributed by atoms with Gasteiger partial charge in [-0.15, -0.1) is 0 Å². The van der Waals surface area contributed by atoms with Crippen molar-refractivity contribution in [2.24, 2.45) is 17.3 Å². The van der Waals surface area contributed by atoms with E-state index in [1.54, 1.807) is 24.7 Å². The third-order valence-electron chi connectivity index (χ3n) is 5.68. The van der Waals surface area contributed by atoms with Gasteiger partial charge in [0.2, 0.25) is 0 Å². The highest BCUT2D eigenvalue weighted by atomic mass is 16.6. The first-order chi connectivity index (χ1) is 12.9. The maximum Gasteiger partial charge on any atom is 0.334 e. The van der Waals surface area contributed by atoms with Gasteiger partial charge in [0, 0.05) is 23.0 Å². The Kier molecular flexibility index (Phi) is 5.35. The number of esters is 2. The monoisotopic (exact) mass is 372 g/mol. The Morgan fingerprint density at radius 3 is 2.78 bits per heavy atom. The van der Waals surface area contributed by atoms with Crippen LogP contribution < -0.4 is 0 Å². The lowest BCUT2D eigenvalue weighted by molar-refractivity contribution is -0.147. The second-order valence-corrected chi connectivity index (χ2v) is 7.34. The Hall–Kier alpha value is -2.63. The Morgan fingerprint density at radius 2 is 2.15 bits per heavy atom. The minimum atomic E-state index is -0.786. The second-order valence-electron chi connectivity index (χ2n) is 7.34. The minimum absolute atomic E-state index is 0.116.